The summed E-state index contributed by atoms with van der Waals surface area (Å²) in [5.74, 6) is 1.74. The fourth-order valence-electron chi connectivity index (χ4n) is 1.42. The van der Waals surface area contributed by atoms with Crippen molar-refractivity contribution < 1.29 is 9.15 Å². The van der Waals surface area contributed by atoms with Crippen LogP contribution in [0.3, 0.4) is 0 Å². The summed E-state index contributed by atoms with van der Waals surface area (Å²) >= 11 is 5.76. The van der Waals surface area contributed by atoms with Gasteiger partial charge in [-0.15, -0.1) is 11.6 Å². The number of benzene rings is 1. The molecule has 3 nitrogen and oxygen atoms in total. The second kappa shape index (κ2) is 4.36. The Kier molecular flexibility index (Phi) is 2.92. The van der Waals surface area contributed by atoms with Crippen LogP contribution in [0.1, 0.15) is 5.69 Å². The van der Waals surface area contributed by atoms with Crippen LogP contribution in [-0.2, 0) is 5.88 Å². The maximum Gasteiger partial charge on any atom is 0.181 e. The second-order valence-corrected chi connectivity index (χ2v) is 3.23. The zero-order valence-corrected chi connectivity index (χ0v) is 8.99. The molecule has 4 heteroatoms. The van der Waals surface area contributed by atoms with Crippen molar-refractivity contribution in [2.45, 2.75) is 5.88 Å². The molecule has 0 saturated heterocycles. The van der Waals surface area contributed by atoms with Gasteiger partial charge in [-0.05, 0) is 12.1 Å². The number of halogens is 1. The van der Waals surface area contributed by atoms with Gasteiger partial charge in [0.1, 0.15) is 11.4 Å². The van der Waals surface area contributed by atoms with Crippen molar-refractivity contribution in [3.05, 3.63) is 36.4 Å². The van der Waals surface area contributed by atoms with Crippen LogP contribution < -0.4 is 4.74 Å². The van der Waals surface area contributed by atoms with Crippen molar-refractivity contribution in [1.29, 1.82) is 0 Å². The highest BCUT2D eigenvalue weighted by Crippen LogP contribution is 2.32. The predicted octanol–water partition coefficient (Wildman–Crippen LogP) is 3.09. The predicted molar refractivity (Wildman–Crippen MR) is 58.0 cm³/mol. The zero-order valence-electron chi connectivity index (χ0n) is 8.24. The summed E-state index contributed by atoms with van der Waals surface area (Å²) < 4.78 is 10.5. The van der Waals surface area contributed by atoms with Gasteiger partial charge in [-0.3, -0.25) is 0 Å². The van der Waals surface area contributed by atoms with Crippen LogP contribution in [-0.4, -0.2) is 12.1 Å². The number of aromatic nitrogens is 1. The lowest BCUT2D eigenvalue weighted by Gasteiger charge is -2.05. The lowest BCUT2D eigenvalue weighted by molar-refractivity contribution is 0.414. The molecule has 0 bridgehead atoms. The van der Waals surface area contributed by atoms with E-state index in [1.165, 1.54) is 6.39 Å². The Bertz CT molecular complexity index is 453. The Hall–Kier alpha value is -1.48. The summed E-state index contributed by atoms with van der Waals surface area (Å²) in [6, 6.07) is 7.60. The highest BCUT2D eigenvalue weighted by molar-refractivity contribution is 6.17. The number of para-hydroxylation sites is 1. The van der Waals surface area contributed by atoms with E-state index in [-0.39, 0.29) is 0 Å². The molecule has 0 N–H and O–H groups in total. The van der Waals surface area contributed by atoms with E-state index in [2.05, 4.69) is 4.98 Å². The monoisotopic (exact) mass is 223 g/mol. The highest BCUT2D eigenvalue weighted by atomic mass is 35.5. The molecule has 0 aliphatic carbocycles. The minimum atomic E-state index is 0.323. The third-order valence-electron chi connectivity index (χ3n) is 2.12. The van der Waals surface area contributed by atoms with Gasteiger partial charge >= 0.3 is 0 Å². The molecule has 0 aliphatic heterocycles. The molecule has 0 unspecified atom stereocenters. The highest BCUT2D eigenvalue weighted by Gasteiger charge is 2.13. The van der Waals surface area contributed by atoms with Gasteiger partial charge in [0.25, 0.3) is 0 Å². The minimum Gasteiger partial charge on any atom is -0.496 e. The summed E-state index contributed by atoms with van der Waals surface area (Å²) in [6.45, 7) is 0. The van der Waals surface area contributed by atoms with Crippen molar-refractivity contribution in [3.63, 3.8) is 0 Å². The van der Waals surface area contributed by atoms with Gasteiger partial charge in [-0.25, -0.2) is 4.98 Å². The Labute approximate surface area is 92.6 Å². The van der Waals surface area contributed by atoms with E-state index >= 15 is 0 Å². The number of rotatable bonds is 3. The first-order valence-electron chi connectivity index (χ1n) is 4.48. The van der Waals surface area contributed by atoms with Crippen LogP contribution in [0.15, 0.2) is 35.1 Å². The average Bonchev–Trinajstić information content (AvgIpc) is 2.76. The molecule has 0 radical (unpaired) electrons. The van der Waals surface area contributed by atoms with Crippen molar-refractivity contribution in [1.82, 2.24) is 4.98 Å². The first kappa shape index (κ1) is 10.1. The third kappa shape index (κ3) is 1.83. The van der Waals surface area contributed by atoms with Crippen molar-refractivity contribution in [2.24, 2.45) is 0 Å². The van der Waals surface area contributed by atoms with E-state index in [4.69, 9.17) is 20.8 Å². The second-order valence-electron chi connectivity index (χ2n) is 2.96. The first-order chi connectivity index (χ1) is 7.36. The molecular formula is C11H10ClNO2. The van der Waals surface area contributed by atoms with E-state index in [0.717, 1.165) is 17.0 Å². The number of ether oxygens (including phenoxy) is 1. The Balaban J connectivity index is 2.53. The molecule has 0 spiro atoms. The van der Waals surface area contributed by atoms with E-state index in [0.29, 0.717) is 11.6 Å². The third-order valence-corrected chi connectivity index (χ3v) is 2.37. The van der Waals surface area contributed by atoms with Crippen molar-refractivity contribution in [2.75, 3.05) is 7.11 Å². The first-order valence-corrected chi connectivity index (χ1v) is 5.02. The molecule has 0 fully saturated rings. The number of oxazole rings is 1. The molecule has 78 valence electrons. The van der Waals surface area contributed by atoms with Crippen LogP contribution in [0, 0.1) is 0 Å². The number of alkyl halides is 1. The lowest BCUT2D eigenvalue weighted by Crippen LogP contribution is -1.88. The van der Waals surface area contributed by atoms with Crippen LogP contribution in [0.5, 0.6) is 5.75 Å². The van der Waals surface area contributed by atoms with Crippen molar-refractivity contribution in [3.8, 4) is 17.1 Å². The van der Waals surface area contributed by atoms with Gasteiger partial charge in [-0.1, -0.05) is 12.1 Å². The molecule has 1 aromatic heterocycles. The Morgan fingerprint density at radius 3 is 2.93 bits per heavy atom. The van der Waals surface area contributed by atoms with Crippen LogP contribution in [0.25, 0.3) is 11.3 Å². The fourth-order valence-corrected chi connectivity index (χ4v) is 1.61. The molecule has 0 saturated carbocycles. The summed E-state index contributed by atoms with van der Waals surface area (Å²) in [5, 5.41) is 0. The molecule has 0 aliphatic rings. The summed E-state index contributed by atoms with van der Waals surface area (Å²) in [5.41, 5.74) is 1.59. The van der Waals surface area contributed by atoms with Crippen LogP contribution in [0.2, 0.25) is 0 Å². The Morgan fingerprint density at radius 2 is 2.20 bits per heavy atom. The topological polar surface area (TPSA) is 35.3 Å². The summed E-state index contributed by atoms with van der Waals surface area (Å²) in [6.07, 6.45) is 1.39. The number of methoxy groups -OCH3 is 1. The van der Waals surface area contributed by atoms with Gasteiger partial charge in [-0.2, -0.15) is 0 Å². The minimum absolute atomic E-state index is 0.323. The fraction of sp³-hybridized carbons (Fsp3) is 0.182. The lowest BCUT2D eigenvalue weighted by atomic mass is 10.1. The normalized spacial score (nSPS) is 10.3. The van der Waals surface area contributed by atoms with E-state index < -0.39 is 0 Å². The SMILES string of the molecule is COc1ccccc1-c1ocnc1CCl. The number of hydrogen-bond donors (Lipinski definition) is 0. The maximum absolute atomic E-state index is 5.76. The van der Waals surface area contributed by atoms with Crippen LogP contribution in [0.4, 0.5) is 0 Å². The smallest absolute Gasteiger partial charge is 0.181 e. The molecule has 1 heterocycles. The quantitative estimate of drug-likeness (QED) is 0.750. The maximum atomic E-state index is 5.76. The standard InChI is InChI=1S/C11H10ClNO2/c1-14-10-5-3-2-4-8(10)11-9(6-12)13-7-15-11/h2-5,7H,6H2,1H3. The van der Waals surface area contributed by atoms with Gasteiger partial charge in [0, 0.05) is 0 Å². The Morgan fingerprint density at radius 1 is 1.40 bits per heavy atom. The van der Waals surface area contributed by atoms with E-state index in [9.17, 15) is 0 Å². The molecule has 1 aromatic carbocycles. The average molecular weight is 224 g/mol. The summed E-state index contributed by atoms with van der Waals surface area (Å²) in [4.78, 5) is 4.03. The zero-order chi connectivity index (χ0) is 10.7. The van der Waals surface area contributed by atoms with Crippen molar-refractivity contribution >= 4 is 11.6 Å². The number of hydrogen-bond acceptors (Lipinski definition) is 3. The number of nitrogens with zero attached hydrogens (tertiary/aromatic N) is 1. The van der Waals surface area contributed by atoms with E-state index in [1.807, 2.05) is 24.3 Å². The molecule has 0 atom stereocenters. The van der Waals surface area contributed by atoms with Gasteiger partial charge < -0.3 is 9.15 Å². The molecular weight excluding hydrogens is 214 g/mol. The molecule has 15 heavy (non-hydrogen) atoms. The molecule has 0 amide bonds. The van der Waals surface area contributed by atoms with Crippen LogP contribution >= 0.6 is 11.6 Å². The molecule has 2 aromatic rings. The largest absolute Gasteiger partial charge is 0.496 e. The molecule has 2 rings (SSSR count). The summed E-state index contributed by atoms with van der Waals surface area (Å²) in [7, 11) is 1.62. The van der Waals surface area contributed by atoms with Gasteiger partial charge in [0.2, 0.25) is 0 Å². The van der Waals surface area contributed by atoms with Gasteiger partial charge in [0.05, 0.1) is 18.6 Å². The van der Waals surface area contributed by atoms with E-state index in [1.54, 1.807) is 7.11 Å². The van der Waals surface area contributed by atoms with Gasteiger partial charge in [0.15, 0.2) is 12.2 Å².